The molecule has 84 valence electrons. The molecular formula is C11H11FN2O2. The molecule has 1 fully saturated rings. The van der Waals surface area contributed by atoms with E-state index in [1.54, 1.807) is 29.2 Å². The lowest BCUT2D eigenvalue weighted by atomic mass is 10.2. The Morgan fingerprint density at radius 1 is 1.44 bits per heavy atom. The normalized spacial score (nSPS) is 20.3. The van der Waals surface area contributed by atoms with Crippen LogP contribution in [0.25, 0.3) is 0 Å². The van der Waals surface area contributed by atoms with Gasteiger partial charge in [0.15, 0.2) is 6.30 Å². The van der Waals surface area contributed by atoms with Crippen LogP contribution in [0.1, 0.15) is 0 Å². The van der Waals surface area contributed by atoms with Gasteiger partial charge in [0.25, 0.3) is 0 Å². The first-order valence-corrected chi connectivity index (χ1v) is 4.97. The van der Waals surface area contributed by atoms with Gasteiger partial charge in [0.2, 0.25) is 6.08 Å². The fraction of sp³-hybridized carbons (Fsp3) is 0.364. The van der Waals surface area contributed by atoms with E-state index in [1.807, 2.05) is 0 Å². The van der Waals surface area contributed by atoms with Gasteiger partial charge in [-0.2, -0.15) is 4.99 Å². The molecule has 0 aliphatic carbocycles. The Morgan fingerprint density at radius 2 is 2.19 bits per heavy atom. The molecular weight excluding hydrogens is 211 g/mol. The van der Waals surface area contributed by atoms with E-state index in [4.69, 9.17) is 4.74 Å². The van der Waals surface area contributed by atoms with Gasteiger partial charge < -0.3 is 9.64 Å². The molecule has 1 heterocycles. The van der Waals surface area contributed by atoms with Crippen molar-refractivity contribution in [2.75, 3.05) is 24.7 Å². The number of isocyanates is 1. The van der Waals surface area contributed by atoms with E-state index in [2.05, 4.69) is 4.99 Å². The number of hydrogen-bond acceptors (Lipinski definition) is 4. The summed E-state index contributed by atoms with van der Waals surface area (Å²) in [7, 11) is 0. The van der Waals surface area contributed by atoms with Crippen LogP contribution in [0.2, 0.25) is 0 Å². The Bertz CT molecular complexity index is 401. The van der Waals surface area contributed by atoms with Gasteiger partial charge >= 0.3 is 0 Å². The number of rotatable bonds is 2. The van der Waals surface area contributed by atoms with Crippen LogP contribution < -0.4 is 4.90 Å². The Morgan fingerprint density at radius 3 is 2.81 bits per heavy atom. The third kappa shape index (κ3) is 2.27. The highest BCUT2D eigenvalue weighted by molar-refractivity contribution is 5.56. The molecule has 0 spiro atoms. The second kappa shape index (κ2) is 4.88. The van der Waals surface area contributed by atoms with E-state index in [9.17, 15) is 9.18 Å². The van der Waals surface area contributed by atoms with Crippen molar-refractivity contribution in [3.05, 3.63) is 24.3 Å². The van der Waals surface area contributed by atoms with Crippen molar-refractivity contribution in [2.45, 2.75) is 6.30 Å². The average Bonchev–Trinajstić information content (AvgIpc) is 2.31. The highest BCUT2D eigenvalue weighted by atomic mass is 19.1. The fourth-order valence-electron chi connectivity index (χ4n) is 1.64. The Balaban J connectivity index is 2.16. The fourth-order valence-corrected chi connectivity index (χ4v) is 1.64. The van der Waals surface area contributed by atoms with E-state index in [0.29, 0.717) is 18.8 Å². The highest BCUT2D eigenvalue weighted by Gasteiger charge is 2.22. The zero-order valence-electron chi connectivity index (χ0n) is 8.60. The lowest BCUT2D eigenvalue weighted by Gasteiger charge is -2.32. The van der Waals surface area contributed by atoms with Crippen LogP contribution in [0.3, 0.4) is 0 Å². The number of anilines is 1. The Kier molecular flexibility index (Phi) is 3.29. The zero-order valence-corrected chi connectivity index (χ0v) is 8.60. The van der Waals surface area contributed by atoms with Gasteiger partial charge in [-0.1, -0.05) is 0 Å². The molecule has 1 aromatic carbocycles. The van der Waals surface area contributed by atoms with Crippen LogP contribution in [0.4, 0.5) is 15.8 Å². The van der Waals surface area contributed by atoms with E-state index in [1.165, 1.54) is 6.08 Å². The number of benzene rings is 1. The average molecular weight is 222 g/mol. The summed E-state index contributed by atoms with van der Waals surface area (Å²) in [4.78, 5) is 15.1. The molecule has 0 radical (unpaired) electrons. The number of aliphatic imine (C=N–C) groups is 1. The van der Waals surface area contributed by atoms with Gasteiger partial charge in [-0.15, -0.1) is 0 Å². The third-order valence-electron chi connectivity index (χ3n) is 2.43. The highest BCUT2D eigenvalue weighted by Crippen LogP contribution is 2.23. The van der Waals surface area contributed by atoms with E-state index < -0.39 is 6.30 Å². The van der Waals surface area contributed by atoms with Crippen molar-refractivity contribution in [3.63, 3.8) is 0 Å². The maximum atomic E-state index is 13.5. The van der Waals surface area contributed by atoms with Gasteiger partial charge in [-0.25, -0.2) is 9.18 Å². The van der Waals surface area contributed by atoms with Crippen molar-refractivity contribution in [2.24, 2.45) is 4.99 Å². The van der Waals surface area contributed by atoms with Crippen LogP contribution in [0.15, 0.2) is 29.3 Å². The van der Waals surface area contributed by atoms with Crippen molar-refractivity contribution >= 4 is 17.5 Å². The molecule has 1 atom stereocenters. The lowest BCUT2D eigenvalue weighted by molar-refractivity contribution is 0.0497. The minimum Gasteiger partial charge on any atom is -0.375 e. The Labute approximate surface area is 92.3 Å². The third-order valence-corrected chi connectivity index (χ3v) is 2.43. The van der Waals surface area contributed by atoms with E-state index in [-0.39, 0.29) is 6.61 Å². The van der Waals surface area contributed by atoms with Gasteiger partial charge in [-0.3, -0.25) is 0 Å². The molecule has 4 nitrogen and oxygen atoms in total. The van der Waals surface area contributed by atoms with Gasteiger partial charge in [-0.05, 0) is 24.3 Å². The maximum absolute atomic E-state index is 13.5. The van der Waals surface area contributed by atoms with Crippen LogP contribution in [-0.4, -0.2) is 32.1 Å². The summed E-state index contributed by atoms with van der Waals surface area (Å²) in [6, 6.07) is 6.77. The predicted molar refractivity (Wildman–Crippen MR) is 57.3 cm³/mol. The number of nitrogens with zero attached hydrogens (tertiary/aromatic N) is 2. The molecule has 0 bridgehead atoms. The molecule has 2 rings (SSSR count). The molecule has 1 aliphatic rings. The number of alkyl halides is 1. The summed E-state index contributed by atoms with van der Waals surface area (Å²) < 4.78 is 18.5. The van der Waals surface area contributed by atoms with Crippen LogP contribution >= 0.6 is 0 Å². The van der Waals surface area contributed by atoms with Crippen LogP contribution in [0, 0.1) is 0 Å². The quantitative estimate of drug-likeness (QED) is 0.435. The topological polar surface area (TPSA) is 41.9 Å². The Hall–Kier alpha value is -1.71. The van der Waals surface area contributed by atoms with Crippen LogP contribution in [0.5, 0.6) is 0 Å². The molecule has 1 aromatic rings. The number of hydrogen-bond donors (Lipinski definition) is 0. The van der Waals surface area contributed by atoms with Gasteiger partial charge in [0.05, 0.1) is 18.9 Å². The van der Waals surface area contributed by atoms with Gasteiger partial charge in [0, 0.05) is 12.2 Å². The SMILES string of the molecule is O=C=Nc1ccc(N2CCOCC2F)cc1. The zero-order chi connectivity index (χ0) is 11.4. The molecule has 1 unspecified atom stereocenters. The first-order valence-electron chi connectivity index (χ1n) is 4.97. The smallest absolute Gasteiger partial charge is 0.240 e. The minimum absolute atomic E-state index is 0.0915. The van der Waals surface area contributed by atoms with E-state index >= 15 is 0 Å². The molecule has 1 saturated heterocycles. The number of carbonyl (C=O) groups excluding carboxylic acids is 1. The lowest BCUT2D eigenvalue weighted by Crippen LogP contribution is -2.42. The number of halogens is 1. The standard InChI is InChI=1S/C11H11FN2O2/c12-11-7-16-6-5-14(11)10-3-1-9(2-4-10)13-8-15/h1-4,11H,5-7H2. The first kappa shape index (κ1) is 10.8. The van der Waals surface area contributed by atoms with Crippen molar-refractivity contribution < 1.29 is 13.9 Å². The molecule has 0 amide bonds. The van der Waals surface area contributed by atoms with Crippen molar-refractivity contribution in [3.8, 4) is 0 Å². The number of morpholine rings is 1. The summed E-state index contributed by atoms with van der Waals surface area (Å²) in [6.45, 7) is 1.14. The molecule has 1 aliphatic heterocycles. The largest absolute Gasteiger partial charge is 0.375 e. The molecule has 5 heteroatoms. The summed E-state index contributed by atoms with van der Waals surface area (Å²) in [5, 5.41) is 0. The second-order valence-electron chi connectivity index (χ2n) is 3.42. The second-order valence-corrected chi connectivity index (χ2v) is 3.42. The van der Waals surface area contributed by atoms with Crippen LogP contribution in [-0.2, 0) is 9.53 Å². The first-order chi connectivity index (χ1) is 7.81. The molecule has 0 aromatic heterocycles. The molecule has 0 saturated carbocycles. The van der Waals surface area contributed by atoms with Crippen molar-refractivity contribution in [1.29, 1.82) is 0 Å². The minimum atomic E-state index is -1.12. The summed E-state index contributed by atoms with van der Waals surface area (Å²) in [5.74, 6) is 0. The molecule has 16 heavy (non-hydrogen) atoms. The molecule has 0 N–H and O–H groups in total. The van der Waals surface area contributed by atoms with Gasteiger partial charge in [0.1, 0.15) is 0 Å². The predicted octanol–water partition coefficient (Wildman–Crippen LogP) is 1.79. The van der Waals surface area contributed by atoms with E-state index in [0.717, 1.165) is 5.69 Å². The van der Waals surface area contributed by atoms with Crippen molar-refractivity contribution in [1.82, 2.24) is 0 Å². The summed E-state index contributed by atoms with van der Waals surface area (Å²) in [6.07, 6.45) is 0.343. The summed E-state index contributed by atoms with van der Waals surface area (Å²) in [5.41, 5.74) is 1.28. The maximum Gasteiger partial charge on any atom is 0.240 e. The summed E-state index contributed by atoms with van der Waals surface area (Å²) >= 11 is 0. The number of ether oxygens (including phenoxy) is 1. The monoisotopic (exact) mass is 222 g/mol.